The van der Waals surface area contributed by atoms with Crippen LogP contribution < -0.4 is 15.5 Å². The number of para-hydroxylation sites is 1. The van der Waals surface area contributed by atoms with Gasteiger partial charge in [-0.05, 0) is 42.3 Å². The second-order valence-electron chi connectivity index (χ2n) is 7.97. The number of benzene rings is 3. The van der Waals surface area contributed by atoms with Crippen molar-refractivity contribution in [3.05, 3.63) is 98.5 Å². The first-order chi connectivity index (χ1) is 16.8. The molecule has 3 aromatic rings. The van der Waals surface area contributed by atoms with Crippen LogP contribution in [0.25, 0.3) is 0 Å². The van der Waals surface area contributed by atoms with Gasteiger partial charge < -0.3 is 10.1 Å². The van der Waals surface area contributed by atoms with E-state index in [1.54, 1.807) is 18.2 Å². The van der Waals surface area contributed by atoms with Gasteiger partial charge in [0.25, 0.3) is 11.8 Å². The largest absolute Gasteiger partial charge is 0.488 e. The van der Waals surface area contributed by atoms with Crippen molar-refractivity contribution in [3.63, 3.8) is 0 Å². The van der Waals surface area contributed by atoms with E-state index in [0.717, 1.165) is 5.56 Å². The van der Waals surface area contributed by atoms with Gasteiger partial charge in [0.1, 0.15) is 18.4 Å². The zero-order chi connectivity index (χ0) is 25.4. The monoisotopic (exact) mass is 531 g/mol. The molecule has 0 aliphatic heterocycles. The number of hydrogen-bond acceptors (Lipinski definition) is 4. The summed E-state index contributed by atoms with van der Waals surface area (Å²) in [5.41, 5.74) is 4.23. The zero-order valence-electron chi connectivity index (χ0n) is 19.1. The molecule has 2 N–H and O–H groups in total. The van der Waals surface area contributed by atoms with Crippen LogP contribution in [-0.4, -0.2) is 24.1 Å². The van der Waals surface area contributed by atoms with Crippen molar-refractivity contribution in [3.8, 4) is 5.75 Å². The van der Waals surface area contributed by atoms with E-state index >= 15 is 0 Å². The second-order valence-corrected chi connectivity index (χ2v) is 9.22. The van der Waals surface area contributed by atoms with Crippen molar-refractivity contribution >= 4 is 52.8 Å². The summed E-state index contributed by atoms with van der Waals surface area (Å²) in [6.07, 6.45) is 1.48. The molecule has 3 rings (SSSR count). The summed E-state index contributed by atoms with van der Waals surface area (Å²) in [6.45, 7) is 3.91. The van der Waals surface area contributed by atoms with Crippen molar-refractivity contribution in [2.45, 2.75) is 26.5 Å². The third kappa shape index (κ3) is 7.46. The SMILES string of the molecule is CC(C)C(NC(=O)c1ccc(Cl)cc1Cl)C(=O)NN=Cc1ccccc1OCc1ccccc1Cl. The van der Waals surface area contributed by atoms with Gasteiger partial charge in [0.15, 0.2) is 0 Å². The Bertz CT molecular complexity index is 1230. The number of carbonyl (C=O) groups excluding carboxylic acids is 2. The van der Waals surface area contributed by atoms with E-state index in [9.17, 15) is 9.59 Å². The minimum atomic E-state index is -0.835. The summed E-state index contributed by atoms with van der Waals surface area (Å²) in [4.78, 5) is 25.4. The third-order valence-electron chi connectivity index (χ3n) is 5.05. The van der Waals surface area contributed by atoms with E-state index in [0.29, 0.717) is 21.4 Å². The number of carbonyl (C=O) groups is 2. The fourth-order valence-corrected chi connectivity index (χ4v) is 3.84. The van der Waals surface area contributed by atoms with E-state index in [4.69, 9.17) is 39.5 Å². The Hall–Kier alpha value is -3.06. The molecule has 0 aliphatic carbocycles. The molecule has 1 atom stereocenters. The first-order valence-corrected chi connectivity index (χ1v) is 11.9. The van der Waals surface area contributed by atoms with Gasteiger partial charge in [-0.25, -0.2) is 5.43 Å². The van der Waals surface area contributed by atoms with Crippen molar-refractivity contribution in [1.29, 1.82) is 0 Å². The molecule has 0 aromatic heterocycles. The number of amides is 2. The van der Waals surface area contributed by atoms with Gasteiger partial charge in [-0.15, -0.1) is 0 Å². The van der Waals surface area contributed by atoms with Crippen LogP contribution in [0.2, 0.25) is 15.1 Å². The van der Waals surface area contributed by atoms with Crippen LogP contribution in [0, 0.1) is 5.92 Å². The highest BCUT2D eigenvalue weighted by Crippen LogP contribution is 2.22. The highest BCUT2D eigenvalue weighted by Gasteiger charge is 2.25. The molecular formula is C26H24Cl3N3O3. The number of rotatable bonds is 9. The Morgan fingerprint density at radius 2 is 1.69 bits per heavy atom. The van der Waals surface area contributed by atoms with Crippen LogP contribution in [0.3, 0.4) is 0 Å². The molecule has 9 heteroatoms. The lowest BCUT2D eigenvalue weighted by atomic mass is 10.0. The lowest BCUT2D eigenvalue weighted by Gasteiger charge is -2.20. The van der Waals surface area contributed by atoms with E-state index in [-0.39, 0.29) is 23.1 Å². The van der Waals surface area contributed by atoms with Crippen molar-refractivity contribution in [2.75, 3.05) is 0 Å². The van der Waals surface area contributed by atoms with E-state index in [1.165, 1.54) is 18.3 Å². The number of nitrogens with zero attached hydrogens (tertiary/aromatic N) is 1. The summed E-state index contributed by atoms with van der Waals surface area (Å²) < 4.78 is 5.90. The minimum absolute atomic E-state index is 0.198. The van der Waals surface area contributed by atoms with Gasteiger partial charge in [0, 0.05) is 21.2 Å². The summed E-state index contributed by atoms with van der Waals surface area (Å²) in [5.74, 6) is -0.574. The average Bonchev–Trinajstić information content (AvgIpc) is 2.82. The molecule has 0 radical (unpaired) electrons. The van der Waals surface area contributed by atoms with Gasteiger partial charge in [0.2, 0.25) is 0 Å². The highest BCUT2D eigenvalue weighted by molar-refractivity contribution is 6.36. The molecule has 2 amide bonds. The lowest BCUT2D eigenvalue weighted by Crippen LogP contribution is -2.48. The second kappa shape index (κ2) is 12.6. The molecule has 0 bridgehead atoms. The van der Waals surface area contributed by atoms with Crippen molar-refractivity contribution in [2.24, 2.45) is 11.0 Å². The number of nitrogens with one attached hydrogen (secondary N) is 2. The van der Waals surface area contributed by atoms with E-state index in [2.05, 4.69) is 15.8 Å². The fourth-order valence-electron chi connectivity index (χ4n) is 3.15. The predicted molar refractivity (Wildman–Crippen MR) is 141 cm³/mol. The summed E-state index contributed by atoms with van der Waals surface area (Å²) >= 11 is 18.2. The Morgan fingerprint density at radius 3 is 2.40 bits per heavy atom. The van der Waals surface area contributed by atoms with Gasteiger partial charge in [-0.1, -0.05) is 79.0 Å². The van der Waals surface area contributed by atoms with Gasteiger partial charge in [0.05, 0.1) is 16.8 Å². The van der Waals surface area contributed by atoms with Gasteiger partial charge >= 0.3 is 0 Å². The smallest absolute Gasteiger partial charge is 0.262 e. The Labute approximate surface area is 219 Å². The maximum absolute atomic E-state index is 12.8. The fraction of sp³-hybridized carbons (Fsp3) is 0.192. The molecule has 3 aromatic carbocycles. The van der Waals surface area contributed by atoms with Gasteiger partial charge in [-0.3, -0.25) is 9.59 Å². The minimum Gasteiger partial charge on any atom is -0.488 e. The maximum Gasteiger partial charge on any atom is 0.262 e. The topological polar surface area (TPSA) is 79.8 Å². The summed E-state index contributed by atoms with van der Waals surface area (Å²) in [7, 11) is 0. The molecule has 0 aliphatic rings. The molecule has 182 valence electrons. The molecular weight excluding hydrogens is 509 g/mol. The van der Waals surface area contributed by atoms with Crippen molar-refractivity contribution in [1.82, 2.24) is 10.7 Å². The third-order valence-corrected chi connectivity index (χ3v) is 5.97. The van der Waals surface area contributed by atoms with Gasteiger partial charge in [-0.2, -0.15) is 5.10 Å². The van der Waals surface area contributed by atoms with Crippen LogP contribution in [0.15, 0.2) is 71.8 Å². The van der Waals surface area contributed by atoms with Crippen LogP contribution in [0.1, 0.15) is 35.3 Å². The lowest BCUT2D eigenvalue weighted by molar-refractivity contribution is -0.123. The van der Waals surface area contributed by atoms with Crippen molar-refractivity contribution < 1.29 is 14.3 Å². The van der Waals surface area contributed by atoms with E-state index < -0.39 is 17.9 Å². The van der Waals surface area contributed by atoms with Crippen LogP contribution in [0.4, 0.5) is 0 Å². The molecule has 0 saturated carbocycles. The molecule has 0 heterocycles. The first-order valence-electron chi connectivity index (χ1n) is 10.8. The van der Waals surface area contributed by atoms with Crippen LogP contribution in [0.5, 0.6) is 5.75 Å². The normalized spacial score (nSPS) is 11.9. The molecule has 1 unspecified atom stereocenters. The number of ether oxygens (including phenoxy) is 1. The quantitative estimate of drug-likeness (QED) is 0.257. The predicted octanol–water partition coefficient (Wildman–Crippen LogP) is 6.13. The molecule has 6 nitrogen and oxygen atoms in total. The number of halogens is 3. The standard InChI is InChI=1S/C26H24Cl3N3O3/c1-16(2)24(31-25(33)20-12-11-19(27)13-22(20)29)26(34)32-30-14-17-7-4-6-10-23(17)35-15-18-8-3-5-9-21(18)28/h3-14,16,24H,15H2,1-2H3,(H,31,33)(H,32,34). The molecule has 0 fully saturated rings. The first kappa shape index (κ1) is 26.5. The Balaban J connectivity index is 1.65. The Kier molecular flexibility index (Phi) is 9.55. The Morgan fingerprint density at radius 1 is 0.971 bits per heavy atom. The highest BCUT2D eigenvalue weighted by atomic mass is 35.5. The van der Waals surface area contributed by atoms with Crippen LogP contribution in [-0.2, 0) is 11.4 Å². The summed E-state index contributed by atoms with van der Waals surface area (Å²) in [6, 6.07) is 18.4. The van der Waals surface area contributed by atoms with E-state index in [1.807, 2.05) is 50.2 Å². The zero-order valence-corrected chi connectivity index (χ0v) is 21.4. The number of hydrazone groups is 1. The average molecular weight is 533 g/mol. The van der Waals surface area contributed by atoms with Crippen LogP contribution >= 0.6 is 34.8 Å². The molecule has 0 spiro atoms. The maximum atomic E-state index is 12.8. The molecule has 35 heavy (non-hydrogen) atoms. The molecule has 0 saturated heterocycles. The summed E-state index contributed by atoms with van der Waals surface area (Å²) in [5, 5.41) is 8.00. The number of hydrogen-bond donors (Lipinski definition) is 2.